The third kappa shape index (κ3) is 3.49. The average molecular weight is 453 g/mol. The maximum atomic E-state index is 2.43. The fraction of sp³-hybridized carbons (Fsp3) is 0.152. The molecule has 2 nitrogen and oxygen atoms in total. The van der Waals surface area contributed by atoms with E-state index in [4.69, 9.17) is 0 Å². The molecule has 2 aliphatic heterocycles. The fourth-order valence-electron chi connectivity index (χ4n) is 5.81. The van der Waals surface area contributed by atoms with Crippen molar-refractivity contribution in [1.29, 1.82) is 0 Å². The summed E-state index contributed by atoms with van der Waals surface area (Å²) in [5.74, 6) is 0. The molecule has 0 bridgehead atoms. The van der Waals surface area contributed by atoms with E-state index in [2.05, 4.69) is 119 Å². The first kappa shape index (κ1) is 20.3. The highest BCUT2D eigenvalue weighted by molar-refractivity contribution is 5.87. The molecule has 2 heteroatoms. The molecule has 0 unspecified atom stereocenters. The molecular weight excluding hydrogens is 424 g/mol. The summed E-state index contributed by atoms with van der Waals surface area (Å²) < 4.78 is 4.84. The predicted molar refractivity (Wildman–Crippen MR) is 143 cm³/mol. The van der Waals surface area contributed by atoms with E-state index in [1.807, 2.05) is 0 Å². The predicted octanol–water partition coefficient (Wildman–Crippen LogP) is 6.34. The minimum absolute atomic E-state index is 1.03. The van der Waals surface area contributed by atoms with Crippen LogP contribution in [0, 0.1) is 6.92 Å². The number of hydrogen-bond donors (Lipinski definition) is 0. The van der Waals surface area contributed by atoms with Crippen molar-refractivity contribution in [2.45, 2.75) is 32.9 Å². The van der Waals surface area contributed by atoms with Crippen molar-refractivity contribution in [1.82, 2.24) is 0 Å². The number of rotatable bonds is 2. The van der Waals surface area contributed by atoms with Crippen LogP contribution in [0.3, 0.4) is 0 Å². The second kappa shape index (κ2) is 8.02. The number of aromatic nitrogens is 2. The van der Waals surface area contributed by atoms with E-state index in [0.29, 0.717) is 0 Å². The van der Waals surface area contributed by atoms with Crippen molar-refractivity contribution in [2.75, 3.05) is 0 Å². The van der Waals surface area contributed by atoms with Gasteiger partial charge in [0.15, 0.2) is 25.5 Å². The number of pyridine rings is 2. The van der Waals surface area contributed by atoms with Crippen LogP contribution in [0.4, 0.5) is 0 Å². The lowest BCUT2D eigenvalue weighted by atomic mass is 9.85. The molecule has 3 aromatic carbocycles. The molecule has 168 valence electrons. The van der Waals surface area contributed by atoms with Crippen molar-refractivity contribution >= 4 is 22.9 Å². The molecule has 0 spiro atoms. The Morgan fingerprint density at radius 2 is 1.29 bits per heavy atom. The maximum Gasteiger partial charge on any atom is 0.214 e. The highest BCUT2D eigenvalue weighted by atomic mass is 15.0. The number of aryl methyl sites for hydroxylation is 5. The van der Waals surface area contributed by atoms with Crippen molar-refractivity contribution in [3.63, 3.8) is 0 Å². The van der Waals surface area contributed by atoms with Gasteiger partial charge in [-0.3, -0.25) is 0 Å². The standard InChI is InChI=1S/C33H28N2/c1-23-5-9-29-21-24(8-10-28(29)20-23)6-7-25-13-17-35-19-15-27-12-11-26-14-18-34-16-3-2-4-30(34)32(26)33(27)31(35)22-25/h2-13,16-17,20-22H,14-15,18-19H2,1H3/q+2/b7-6+. The van der Waals surface area contributed by atoms with Gasteiger partial charge in [-0.25, -0.2) is 0 Å². The number of hydrogen-bond acceptors (Lipinski definition) is 0. The molecule has 0 saturated carbocycles. The molecular formula is C33H28N2+2. The van der Waals surface area contributed by atoms with Gasteiger partial charge in [0.1, 0.15) is 0 Å². The Kier molecular flexibility index (Phi) is 4.66. The van der Waals surface area contributed by atoms with Gasteiger partial charge >= 0.3 is 0 Å². The van der Waals surface area contributed by atoms with Crippen molar-refractivity contribution in [3.05, 3.63) is 119 Å². The first-order chi connectivity index (χ1) is 17.2. The molecule has 35 heavy (non-hydrogen) atoms. The second-order valence-electron chi connectivity index (χ2n) is 9.90. The van der Waals surface area contributed by atoms with E-state index in [1.54, 1.807) is 0 Å². The van der Waals surface area contributed by atoms with Gasteiger partial charge in [0.25, 0.3) is 0 Å². The summed E-state index contributed by atoms with van der Waals surface area (Å²) in [4.78, 5) is 0. The third-order valence-electron chi connectivity index (χ3n) is 7.62. The quantitative estimate of drug-likeness (QED) is 0.276. The zero-order valence-electron chi connectivity index (χ0n) is 20.0. The van der Waals surface area contributed by atoms with Gasteiger partial charge in [-0.15, -0.1) is 0 Å². The molecule has 2 aromatic heterocycles. The molecule has 0 atom stereocenters. The van der Waals surface area contributed by atoms with Gasteiger partial charge < -0.3 is 0 Å². The SMILES string of the molecule is Cc1ccc2cc(/C=C/c3cc[n+]4c(c3)-c3c(ccc5c3-c3cccc[n+]3CC5)CC4)ccc2c1. The highest BCUT2D eigenvalue weighted by Crippen LogP contribution is 2.39. The lowest BCUT2D eigenvalue weighted by Gasteiger charge is -2.22. The zero-order valence-corrected chi connectivity index (χ0v) is 20.0. The van der Waals surface area contributed by atoms with E-state index >= 15 is 0 Å². The molecule has 0 fully saturated rings. The Bertz CT molecular complexity index is 1660. The smallest absolute Gasteiger partial charge is 0.198 e. The normalized spacial score (nSPS) is 13.9. The van der Waals surface area contributed by atoms with E-state index in [9.17, 15) is 0 Å². The molecule has 0 N–H and O–H groups in total. The lowest BCUT2D eigenvalue weighted by Crippen LogP contribution is -2.43. The minimum Gasteiger partial charge on any atom is -0.198 e. The maximum absolute atomic E-state index is 2.43. The molecule has 0 aliphatic carbocycles. The van der Waals surface area contributed by atoms with Crippen molar-refractivity contribution < 1.29 is 9.13 Å². The summed E-state index contributed by atoms with van der Waals surface area (Å²) >= 11 is 0. The Labute approximate surface area is 206 Å². The Hall–Kier alpha value is -4.04. The number of nitrogens with zero attached hydrogens (tertiary/aromatic N) is 2. The van der Waals surface area contributed by atoms with Crippen molar-refractivity contribution in [2.24, 2.45) is 0 Å². The van der Waals surface area contributed by atoms with Gasteiger partial charge in [-0.05, 0) is 52.1 Å². The van der Waals surface area contributed by atoms with Crippen LogP contribution in [0.15, 0.2) is 91.3 Å². The van der Waals surface area contributed by atoms with E-state index in [-0.39, 0.29) is 0 Å². The molecule has 2 aliphatic rings. The summed E-state index contributed by atoms with van der Waals surface area (Å²) in [5, 5.41) is 2.59. The van der Waals surface area contributed by atoms with Gasteiger partial charge in [-0.2, -0.15) is 9.13 Å². The Morgan fingerprint density at radius 1 is 0.600 bits per heavy atom. The van der Waals surface area contributed by atoms with Crippen LogP contribution in [0.5, 0.6) is 0 Å². The summed E-state index contributed by atoms with van der Waals surface area (Å²) in [6.45, 7) is 4.23. The van der Waals surface area contributed by atoms with Crippen LogP contribution in [0.1, 0.15) is 27.8 Å². The van der Waals surface area contributed by atoms with E-state index < -0.39 is 0 Å². The molecule has 0 saturated heterocycles. The second-order valence-corrected chi connectivity index (χ2v) is 9.90. The molecule has 4 heterocycles. The van der Waals surface area contributed by atoms with Crippen LogP contribution in [0.25, 0.3) is 45.4 Å². The van der Waals surface area contributed by atoms with Crippen LogP contribution in [-0.4, -0.2) is 0 Å². The van der Waals surface area contributed by atoms with Crippen molar-refractivity contribution in [3.8, 4) is 22.5 Å². The molecule has 7 rings (SSSR count). The minimum atomic E-state index is 1.03. The summed E-state index contributed by atoms with van der Waals surface area (Å²) in [6, 6.07) is 29.3. The summed E-state index contributed by atoms with van der Waals surface area (Å²) in [7, 11) is 0. The molecule has 5 aromatic rings. The summed E-state index contributed by atoms with van der Waals surface area (Å²) in [5.41, 5.74) is 12.2. The van der Waals surface area contributed by atoms with E-state index in [1.165, 1.54) is 61.1 Å². The van der Waals surface area contributed by atoms with Gasteiger partial charge in [0, 0.05) is 37.1 Å². The van der Waals surface area contributed by atoms with Gasteiger partial charge in [0.2, 0.25) is 11.4 Å². The average Bonchev–Trinajstić information content (AvgIpc) is 2.91. The van der Waals surface area contributed by atoms with Crippen LogP contribution in [0.2, 0.25) is 0 Å². The lowest BCUT2D eigenvalue weighted by molar-refractivity contribution is -0.689. The Morgan fingerprint density at radius 3 is 2.11 bits per heavy atom. The van der Waals surface area contributed by atoms with Crippen LogP contribution in [-0.2, 0) is 25.9 Å². The fourth-order valence-corrected chi connectivity index (χ4v) is 5.81. The van der Waals surface area contributed by atoms with Crippen LogP contribution < -0.4 is 9.13 Å². The summed E-state index contributed by atoms with van der Waals surface area (Å²) in [6.07, 6.45) is 11.1. The molecule has 0 amide bonds. The largest absolute Gasteiger partial charge is 0.214 e. The van der Waals surface area contributed by atoms with Crippen LogP contribution >= 0.6 is 0 Å². The van der Waals surface area contributed by atoms with Gasteiger partial charge in [0.05, 0.1) is 11.1 Å². The monoisotopic (exact) mass is 452 g/mol. The number of fused-ring (bicyclic) bond motifs is 8. The first-order valence-corrected chi connectivity index (χ1v) is 12.6. The third-order valence-corrected chi connectivity index (χ3v) is 7.62. The topological polar surface area (TPSA) is 7.76 Å². The van der Waals surface area contributed by atoms with E-state index in [0.717, 1.165) is 25.9 Å². The van der Waals surface area contributed by atoms with Gasteiger partial charge in [-0.1, -0.05) is 60.2 Å². The molecule has 0 radical (unpaired) electrons. The highest BCUT2D eigenvalue weighted by Gasteiger charge is 2.33. The number of benzene rings is 3. The Balaban J connectivity index is 1.32. The zero-order chi connectivity index (χ0) is 23.4. The first-order valence-electron chi connectivity index (χ1n) is 12.6.